The quantitative estimate of drug-likeness (QED) is 0.357. The predicted molar refractivity (Wildman–Crippen MR) is 85.4 cm³/mol. The van der Waals surface area contributed by atoms with Crippen molar-refractivity contribution in [1.29, 1.82) is 0 Å². The van der Waals surface area contributed by atoms with E-state index in [2.05, 4.69) is 45.9 Å². The minimum atomic E-state index is 0.282. The summed E-state index contributed by atoms with van der Waals surface area (Å²) >= 11 is 0. The van der Waals surface area contributed by atoms with Crippen molar-refractivity contribution in [1.82, 2.24) is 0 Å². The molecule has 0 aromatic rings. The first-order valence-corrected chi connectivity index (χ1v) is 7.61. The van der Waals surface area contributed by atoms with Crippen LogP contribution in [0.3, 0.4) is 0 Å². The van der Waals surface area contributed by atoms with Crippen molar-refractivity contribution in [2.45, 2.75) is 79.6 Å². The van der Waals surface area contributed by atoms with E-state index in [1.807, 2.05) is 0 Å². The summed E-state index contributed by atoms with van der Waals surface area (Å²) in [6.45, 7) is 10.7. The molecule has 0 heterocycles. The molecule has 0 aliphatic rings. The van der Waals surface area contributed by atoms with Crippen molar-refractivity contribution in [2.75, 3.05) is 0 Å². The molecular formula is C18H32O. The van der Waals surface area contributed by atoms with Gasteiger partial charge in [-0.1, -0.05) is 37.6 Å². The van der Waals surface area contributed by atoms with E-state index in [-0.39, 0.29) is 5.78 Å². The van der Waals surface area contributed by atoms with Crippen molar-refractivity contribution in [2.24, 2.45) is 5.41 Å². The molecule has 0 fully saturated rings. The summed E-state index contributed by atoms with van der Waals surface area (Å²) in [5, 5.41) is 0. The Labute approximate surface area is 120 Å². The van der Waals surface area contributed by atoms with Gasteiger partial charge in [-0.2, -0.15) is 0 Å². The maximum atomic E-state index is 10.8. The summed E-state index contributed by atoms with van der Waals surface area (Å²) in [6.07, 6.45) is 14.4. The molecule has 0 radical (unpaired) electrons. The maximum absolute atomic E-state index is 10.8. The summed E-state index contributed by atoms with van der Waals surface area (Å²) in [4.78, 5) is 10.8. The Kier molecular flexibility index (Phi) is 9.55. The number of Topliss-reactive ketones (excluding diaryl/α,β-unsaturated/α-hetero) is 1. The molecule has 0 spiro atoms. The van der Waals surface area contributed by atoms with E-state index in [4.69, 9.17) is 0 Å². The van der Waals surface area contributed by atoms with Gasteiger partial charge in [0.1, 0.15) is 5.78 Å². The van der Waals surface area contributed by atoms with Crippen molar-refractivity contribution < 1.29 is 4.79 Å². The Balaban J connectivity index is 3.68. The zero-order valence-corrected chi connectivity index (χ0v) is 13.6. The maximum Gasteiger partial charge on any atom is 0.130 e. The molecule has 0 aliphatic carbocycles. The standard InChI is InChI=1S/C18H32O/c1-16(2)12-11-15-18(4,5)14-10-8-6-7-9-13-17(3)19/h6-7,12H,8-11,13-15H2,1-5H3/b7-6+. The molecule has 110 valence electrons. The minimum absolute atomic E-state index is 0.282. The van der Waals surface area contributed by atoms with E-state index in [0.29, 0.717) is 11.8 Å². The molecule has 0 aromatic carbocycles. The lowest BCUT2D eigenvalue weighted by molar-refractivity contribution is -0.116. The van der Waals surface area contributed by atoms with Gasteiger partial charge in [-0.25, -0.2) is 0 Å². The first kappa shape index (κ1) is 18.1. The third kappa shape index (κ3) is 13.4. The average molecular weight is 264 g/mol. The highest BCUT2D eigenvalue weighted by atomic mass is 16.1. The zero-order valence-electron chi connectivity index (χ0n) is 13.6. The van der Waals surface area contributed by atoms with Crippen LogP contribution in [0.5, 0.6) is 0 Å². The summed E-state index contributed by atoms with van der Waals surface area (Å²) in [5.74, 6) is 0.282. The monoisotopic (exact) mass is 264 g/mol. The second-order valence-corrected chi connectivity index (χ2v) is 6.59. The van der Waals surface area contributed by atoms with Gasteiger partial charge in [-0.15, -0.1) is 0 Å². The molecule has 0 rings (SSSR count). The van der Waals surface area contributed by atoms with E-state index in [1.165, 1.54) is 31.3 Å². The molecule has 0 amide bonds. The van der Waals surface area contributed by atoms with Gasteiger partial charge in [0.2, 0.25) is 0 Å². The van der Waals surface area contributed by atoms with Gasteiger partial charge in [0.05, 0.1) is 0 Å². The molecule has 19 heavy (non-hydrogen) atoms. The number of rotatable bonds is 10. The van der Waals surface area contributed by atoms with Gasteiger partial charge in [0.15, 0.2) is 0 Å². The number of unbranched alkanes of at least 4 members (excludes halogenated alkanes) is 1. The number of carbonyl (C=O) groups excluding carboxylic acids is 1. The highest BCUT2D eigenvalue weighted by molar-refractivity contribution is 5.75. The minimum Gasteiger partial charge on any atom is -0.300 e. The van der Waals surface area contributed by atoms with Crippen LogP contribution in [0.1, 0.15) is 79.6 Å². The normalized spacial score (nSPS) is 11.8. The van der Waals surface area contributed by atoms with Crippen LogP contribution in [0.4, 0.5) is 0 Å². The van der Waals surface area contributed by atoms with Gasteiger partial charge >= 0.3 is 0 Å². The first-order valence-electron chi connectivity index (χ1n) is 7.61. The van der Waals surface area contributed by atoms with Gasteiger partial charge in [-0.05, 0) is 64.7 Å². The lowest BCUT2D eigenvalue weighted by atomic mass is 9.82. The fraction of sp³-hybridized carbons (Fsp3) is 0.722. The Bertz CT molecular complexity index is 304. The van der Waals surface area contributed by atoms with Gasteiger partial charge in [-0.3, -0.25) is 0 Å². The van der Waals surface area contributed by atoms with Crippen LogP contribution in [-0.2, 0) is 4.79 Å². The van der Waals surface area contributed by atoms with Crippen molar-refractivity contribution in [3.05, 3.63) is 23.8 Å². The summed E-state index contributed by atoms with van der Waals surface area (Å²) in [5.41, 5.74) is 1.86. The third-order valence-corrected chi connectivity index (χ3v) is 3.43. The van der Waals surface area contributed by atoms with E-state index < -0.39 is 0 Å². The van der Waals surface area contributed by atoms with Crippen LogP contribution < -0.4 is 0 Å². The molecule has 0 N–H and O–H groups in total. The van der Waals surface area contributed by atoms with Gasteiger partial charge < -0.3 is 4.79 Å². The number of ketones is 1. The molecule has 0 saturated heterocycles. The largest absolute Gasteiger partial charge is 0.300 e. The van der Waals surface area contributed by atoms with Gasteiger partial charge in [0.25, 0.3) is 0 Å². The first-order chi connectivity index (χ1) is 8.83. The van der Waals surface area contributed by atoms with Crippen LogP contribution in [-0.4, -0.2) is 5.78 Å². The number of hydrogen-bond acceptors (Lipinski definition) is 1. The van der Waals surface area contributed by atoms with Crippen molar-refractivity contribution >= 4 is 5.78 Å². The van der Waals surface area contributed by atoms with Gasteiger partial charge in [0, 0.05) is 6.42 Å². The van der Waals surface area contributed by atoms with E-state index in [1.54, 1.807) is 6.92 Å². The Morgan fingerprint density at radius 2 is 1.58 bits per heavy atom. The fourth-order valence-corrected chi connectivity index (χ4v) is 2.10. The SMILES string of the molecule is CC(=O)CC/C=C/CCCC(C)(C)CCC=C(C)C. The molecule has 0 aromatic heterocycles. The van der Waals surface area contributed by atoms with Crippen LogP contribution in [0, 0.1) is 5.41 Å². The summed E-state index contributed by atoms with van der Waals surface area (Å²) < 4.78 is 0. The molecular weight excluding hydrogens is 232 g/mol. The van der Waals surface area contributed by atoms with Crippen molar-refractivity contribution in [3.63, 3.8) is 0 Å². The van der Waals surface area contributed by atoms with Crippen molar-refractivity contribution in [3.8, 4) is 0 Å². The van der Waals surface area contributed by atoms with Crippen LogP contribution in [0.25, 0.3) is 0 Å². The smallest absolute Gasteiger partial charge is 0.130 e. The third-order valence-electron chi connectivity index (χ3n) is 3.43. The fourth-order valence-electron chi connectivity index (χ4n) is 2.10. The summed E-state index contributed by atoms with van der Waals surface area (Å²) in [6, 6.07) is 0. The molecule has 0 unspecified atom stereocenters. The average Bonchev–Trinajstić information content (AvgIpc) is 2.26. The topological polar surface area (TPSA) is 17.1 Å². The number of hydrogen-bond donors (Lipinski definition) is 0. The van der Waals surface area contributed by atoms with E-state index in [9.17, 15) is 4.79 Å². The molecule has 1 nitrogen and oxygen atoms in total. The predicted octanol–water partition coefficient (Wildman–Crippen LogP) is 5.85. The second kappa shape index (κ2) is 10.00. The number of carbonyl (C=O) groups is 1. The summed E-state index contributed by atoms with van der Waals surface area (Å²) in [7, 11) is 0. The zero-order chi connectivity index (χ0) is 14.7. The molecule has 0 bridgehead atoms. The lowest BCUT2D eigenvalue weighted by Gasteiger charge is -2.23. The lowest BCUT2D eigenvalue weighted by Crippen LogP contribution is -2.10. The molecule has 0 atom stereocenters. The highest BCUT2D eigenvalue weighted by Crippen LogP contribution is 2.29. The molecule has 1 heteroatoms. The number of allylic oxidation sites excluding steroid dienone is 4. The van der Waals surface area contributed by atoms with Crippen LogP contribution in [0.2, 0.25) is 0 Å². The van der Waals surface area contributed by atoms with E-state index in [0.717, 1.165) is 12.8 Å². The Morgan fingerprint density at radius 1 is 0.947 bits per heavy atom. The second-order valence-electron chi connectivity index (χ2n) is 6.59. The Morgan fingerprint density at radius 3 is 2.16 bits per heavy atom. The van der Waals surface area contributed by atoms with Crippen LogP contribution in [0.15, 0.2) is 23.8 Å². The molecule has 0 aliphatic heterocycles. The van der Waals surface area contributed by atoms with E-state index >= 15 is 0 Å². The highest BCUT2D eigenvalue weighted by Gasteiger charge is 2.15. The van der Waals surface area contributed by atoms with Crippen LogP contribution >= 0.6 is 0 Å². The Hall–Kier alpha value is -0.850. The molecule has 0 saturated carbocycles.